The van der Waals surface area contributed by atoms with Crippen LogP contribution in [-0.4, -0.2) is 167 Å². The lowest BCUT2D eigenvalue weighted by molar-refractivity contribution is -0.265. The average molecular weight is 1050 g/mol. The molecule has 1 unspecified atom stereocenters. The zero-order valence-corrected chi connectivity index (χ0v) is 45.7. The lowest BCUT2D eigenvalue weighted by atomic mass is 9.78. The Kier molecular flexibility index (Phi) is 23.6. The Morgan fingerprint density at radius 3 is 2.20 bits per heavy atom. The van der Waals surface area contributed by atoms with E-state index >= 15 is 0 Å². The number of hydrogen-bond donors (Lipinski definition) is 5. The molecule has 0 radical (unpaired) electrons. The first-order valence-corrected chi connectivity index (χ1v) is 26.4. The van der Waals surface area contributed by atoms with Crippen LogP contribution in [0.2, 0.25) is 0 Å². The fourth-order valence-electron chi connectivity index (χ4n) is 10.7. The zero-order chi connectivity index (χ0) is 55.3. The molecule has 4 rings (SSSR count). The van der Waals surface area contributed by atoms with Crippen molar-refractivity contribution in [3.63, 3.8) is 0 Å². The number of Topliss-reactive ketones (excluding diaryl/α,β-unsaturated/α-hetero) is 3. The molecule has 18 nitrogen and oxygen atoms in total. The maximum absolute atomic E-state index is 14.5. The lowest BCUT2D eigenvalue weighted by Gasteiger charge is -2.42. The fraction of sp³-hybridized carbons (Fsp3) is 0.750. The lowest BCUT2D eigenvalue weighted by Crippen LogP contribution is -2.61. The third-order valence-electron chi connectivity index (χ3n) is 15.9. The van der Waals surface area contributed by atoms with Crippen LogP contribution < -0.4 is 0 Å². The Morgan fingerprint density at radius 1 is 0.878 bits per heavy atom. The van der Waals surface area contributed by atoms with Gasteiger partial charge in [0.2, 0.25) is 5.79 Å². The molecular weight excluding hydrogens is 959 g/mol. The normalized spacial score (nSPS) is 37.0. The number of amides is 1. The van der Waals surface area contributed by atoms with Gasteiger partial charge in [-0.2, -0.15) is 0 Å². The van der Waals surface area contributed by atoms with Crippen LogP contribution in [0.1, 0.15) is 132 Å². The number of ketones is 3. The second kappa shape index (κ2) is 27.9. The maximum atomic E-state index is 14.5. The van der Waals surface area contributed by atoms with E-state index in [0.717, 1.165) is 10.5 Å². The van der Waals surface area contributed by atoms with Gasteiger partial charge in [-0.1, -0.05) is 64.2 Å². The number of piperidine rings is 1. The van der Waals surface area contributed by atoms with E-state index in [4.69, 9.17) is 28.4 Å². The van der Waals surface area contributed by atoms with Gasteiger partial charge >= 0.3 is 11.9 Å². The van der Waals surface area contributed by atoms with Crippen molar-refractivity contribution in [3.05, 3.63) is 47.6 Å². The molecule has 1 aliphatic carbocycles. The highest BCUT2D eigenvalue weighted by Gasteiger charge is 2.53. The van der Waals surface area contributed by atoms with Gasteiger partial charge in [0, 0.05) is 58.5 Å². The number of aliphatic hydroxyl groups is 5. The van der Waals surface area contributed by atoms with Crippen LogP contribution in [0.15, 0.2) is 47.6 Å². The molecule has 418 valence electrons. The van der Waals surface area contributed by atoms with Crippen LogP contribution in [0.25, 0.3) is 0 Å². The van der Waals surface area contributed by atoms with Crippen molar-refractivity contribution in [2.45, 2.75) is 193 Å². The molecular formula is C56H87NO17. The Hall–Kier alpha value is -3.98. The maximum Gasteiger partial charge on any atom is 0.329 e. The highest BCUT2D eigenvalue weighted by atomic mass is 16.6. The third-order valence-corrected chi connectivity index (χ3v) is 15.9. The number of aliphatic hydroxyl groups excluding tert-OH is 3. The van der Waals surface area contributed by atoms with E-state index in [1.807, 2.05) is 19.9 Å². The summed E-state index contributed by atoms with van der Waals surface area (Å²) in [6, 6.07) is -1.22. The summed E-state index contributed by atoms with van der Waals surface area (Å²) in [5, 5.41) is 54.4. The van der Waals surface area contributed by atoms with Gasteiger partial charge in [0.1, 0.15) is 41.7 Å². The number of carbonyl (C=O) groups is 6. The number of esters is 2. The van der Waals surface area contributed by atoms with Gasteiger partial charge in [-0.25, -0.2) is 4.79 Å². The smallest absolute Gasteiger partial charge is 0.329 e. The van der Waals surface area contributed by atoms with Crippen molar-refractivity contribution < 1.29 is 82.7 Å². The van der Waals surface area contributed by atoms with Crippen LogP contribution in [0.3, 0.4) is 0 Å². The van der Waals surface area contributed by atoms with E-state index in [9.17, 15) is 54.3 Å². The monoisotopic (exact) mass is 1050 g/mol. The highest BCUT2D eigenvalue weighted by molar-refractivity contribution is 6.39. The van der Waals surface area contributed by atoms with Gasteiger partial charge in [-0.3, -0.25) is 24.0 Å². The van der Waals surface area contributed by atoms with Crippen LogP contribution in [-0.2, 0) is 57.2 Å². The molecule has 2 saturated heterocycles. The van der Waals surface area contributed by atoms with E-state index in [1.54, 1.807) is 58.9 Å². The van der Waals surface area contributed by atoms with Crippen LogP contribution in [0.5, 0.6) is 0 Å². The minimum atomic E-state index is -2.50. The number of ether oxygens (including phenoxy) is 6. The van der Waals surface area contributed by atoms with E-state index in [2.05, 4.69) is 0 Å². The number of nitrogens with zero attached hydrogens (tertiary/aromatic N) is 1. The molecule has 0 aromatic carbocycles. The topological polar surface area (TPSA) is 262 Å². The third kappa shape index (κ3) is 16.0. The van der Waals surface area contributed by atoms with Crippen molar-refractivity contribution in [2.24, 2.45) is 35.0 Å². The molecule has 1 amide bonds. The number of rotatable bonds is 10. The predicted octanol–water partition coefficient (Wildman–Crippen LogP) is 4.84. The summed E-state index contributed by atoms with van der Waals surface area (Å²) in [7, 11) is 4.33. The number of fused-ring (bicyclic) bond motifs is 3. The van der Waals surface area contributed by atoms with Crippen molar-refractivity contribution >= 4 is 35.2 Å². The summed E-state index contributed by atoms with van der Waals surface area (Å²) in [5.74, 6) is -10.0. The minimum Gasteiger partial charge on any atom is -0.460 e. The molecule has 1 saturated carbocycles. The average Bonchev–Trinajstić information content (AvgIpc) is 3.37. The summed E-state index contributed by atoms with van der Waals surface area (Å²) < 4.78 is 35.3. The van der Waals surface area contributed by atoms with Gasteiger partial charge in [0.05, 0.1) is 37.1 Å². The molecule has 3 fully saturated rings. The standard InChI is InChI=1S/C56H87NO17/c1-33-17-13-12-15-23-55(8,67)30-37(5)48(62)49(71-11)47(61)36(4)25-34(2)42(60)29-45(35(3)26-39-20-22-43(46(27-39)70-10)73-53(66)54(7,31-58)32-59)72-52(65)41-18-14-16-24-57(41)51(64)50(63)56(68)38(6)19-21-40(74-56)28-44(33)69-9/h12-13,15,17,23,25,34-35,37-41,43-47,49,58-59,61,67-68H,14,16,18-22,24,26-32H2,1-11H3/b13-12?,23-15+,33-17?,36-25+/t34-,35-,37-,38-,39+,40?,41+,43-,44+,45+,46-,47-,49-,55+,56-/m1/s1. The number of methoxy groups -OCH3 is 3. The second-order valence-corrected chi connectivity index (χ2v) is 22.2. The number of hydrogen-bond acceptors (Lipinski definition) is 17. The molecule has 0 aromatic heterocycles. The molecule has 0 spiro atoms. The molecule has 74 heavy (non-hydrogen) atoms. The van der Waals surface area contributed by atoms with Crippen LogP contribution in [0.4, 0.5) is 0 Å². The predicted molar refractivity (Wildman–Crippen MR) is 273 cm³/mol. The van der Waals surface area contributed by atoms with Gasteiger partial charge in [-0.15, -0.1) is 0 Å². The molecule has 4 aliphatic rings. The Labute approximate surface area is 437 Å². The molecule has 18 heteroatoms. The molecule has 15 atom stereocenters. The molecule has 3 aliphatic heterocycles. The number of cyclic esters (lactones) is 1. The largest absolute Gasteiger partial charge is 0.460 e. The summed E-state index contributed by atoms with van der Waals surface area (Å²) in [5.41, 5.74) is -1.85. The van der Waals surface area contributed by atoms with Gasteiger partial charge in [0.25, 0.3) is 11.7 Å². The first-order valence-electron chi connectivity index (χ1n) is 26.4. The Balaban J connectivity index is 1.71. The van der Waals surface area contributed by atoms with Crippen molar-refractivity contribution in [3.8, 4) is 0 Å². The number of allylic oxidation sites excluding steroid dienone is 5. The van der Waals surface area contributed by atoms with Gasteiger partial charge in [0.15, 0.2) is 5.78 Å². The molecule has 2 bridgehead atoms. The van der Waals surface area contributed by atoms with Gasteiger partial charge < -0.3 is 58.9 Å². The van der Waals surface area contributed by atoms with Gasteiger partial charge in [-0.05, 0) is 115 Å². The minimum absolute atomic E-state index is 0.00808. The van der Waals surface area contributed by atoms with E-state index < -0.39 is 132 Å². The van der Waals surface area contributed by atoms with Crippen LogP contribution in [0, 0.1) is 35.0 Å². The summed E-state index contributed by atoms with van der Waals surface area (Å²) in [6.45, 7) is 12.0. The number of carbonyl (C=O) groups excluding carboxylic acids is 6. The van der Waals surface area contributed by atoms with Crippen molar-refractivity contribution in [1.29, 1.82) is 0 Å². The van der Waals surface area contributed by atoms with E-state index in [1.165, 1.54) is 34.3 Å². The molecule has 0 aromatic rings. The quantitative estimate of drug-likeness (QED) is 0.111. The highest BCUT2D eigenvalue weighted by Crippen LogP contribution is 2.38. The molecule has 3 heterocycles. The summed E-state index contributed by atoms with van der Waals surface area (Å²) >= 11 is 0. The van der Waals surface area contributed by atoms with E-state index in [-0.39, 0.29) is 49.5 Å². The SMILES string of the molecule is CO[C@H]1CC2CC[C@@H](C)[C@@](O)(O2)C(=O)C(=O)N2CCCC[C@H]2C(=O)O[C@H]([C@H](C)C[C@@H]2CC[C@@H](OC(=O)C(C)(CO)CO)[C@H](OC)C2)CC(=O)[C@H](C)/C=C(\C)[C@@H](O)[C@@H](OC)C(=O)[C@H](C)C[C@@](C)(O)/C=C/C=CC=C1C. The Morgan fingerprint density at radius 2 is 1.57 bits per heavy atom. The summed E-state index contributed by atoms with van der Waals surface area (Å²) in [4.78, 5) is 85.4. The fourth-order valence-corrected chi connectivity index (χ4v) is 10.7. The second-order valence-electron chi connectivity index (χ2n) is 22.2. The summed E-state index contributed by atoms with van der Waals surface area (Å²) in [6.07, 6.45) is 7.63. The van der Waals surface area contributed by atoms with Crippen molar-refractivity contribution in [1.82, 2.24) is 4.90 Å². The molecule has 5 N–H and O–H groups in total. The first-order chi connectivity index (χ1) is 34.8. The van der Waals surface area contributed by atoms with E-state index in [0.29, 0.717) is 51.4 Å². The van der Waals surface area contributed by atoms with Crippen LogP contribution >= 0.6 is 0 Å². The first kappa shape index (κ1) is 62.6. The van der Waals surface area contributed by atoms with Crippen molar-refractivity contribution in [2.75, 3.05) is 41.1 Å². The Bertz CT molecular complexity index is 2060. The zero-order valence-electron chi connectivity index (χ0n) is 45.7.